The fourth-order valence-corrected chi connectivity index (χ4v) is 2.99. The quantitative estimate of drug-likeness (QED) is 0.416. The molecule has 2 nitrogen and oxygen atoms in total. The van der Waals surface area contributed by atoms with Crippen LogP contribution in [0.15, 0.2) is 60.7 Å². The summed E-state index contributed by atoms with van der Waals surface area (Å²) in [5.41, 5.74) is 4.26. The van der Waals surface area contributed by atoms with Crippen LogP contribution in [0.1, 0.15) is 22.3 Å². The van der Waals surface area contributed by atoms with E-state index in [9.17, 15) is 8.78 Å². The van der Waals surface area contributed by atoms with E-state index in [1.165, 1.54) is 24.3 Å². The molecule has 5 heteroatoms. The van der Waals surface area contributed by atoms with E-state index < -0.39 is 0 Å². The van der Waals surface area contributed by atoms with E-state index >= 15 is 0 Å². The largest absolute Gasteiger partial charge is 0.207 e. The number of benzene rings is 3. The van der Waals surface area contributed by atoms with Crippen molar-refractivity contribution in [3.8, 4) is 23.7 Å². The van der Waals surface area contributed by atoms with E-state index in [0.717, 1.165) is 22.9 Å². The summed E-state index contributed by atoms with van der Waals surface area (Å²) in [5.74, 6) is 11.5. The van der Waals surface area contributed by atoms with Crippen molar-refractivity contribution >= 4 is 22.8 Å². The van der Waals surface area contributed by atoms with Crippen LogP contribution in [0, 0.1) is 35.3 Å². The van der Waals surface area contributed by atoms with Gasteiger partial charge in [-0.15, -0.1) is 0 Å². The predicted octanol–water partition coefficient (Wildman–Crippen LogP) is 4.77. The highest BCUT2D eigenvalue weighted by atomic mass is 32.1. The third-order valence-electron chi connectivity index (χ3n) is 3.79. The number of halogens is 2. The summed E-state index contributed by atoms with van der Waals surface area (Å²) < 4.78 is 34.6. The minimum Gasteiger partial charge on any atom is -0.207 e. The van der Waals surface area contributed by atoms with Gasteiger partial charge in [-0.25, -0.2) is 8.78 Å². The van der Waals surface area contributed by atoms with E-state index in [1.807, 2.05) is 12.1 Å². The number of rotatable bonds is 0. The highest BCUT2D eigenvalue weighted by molar-refractivity contribution is 7.00. The predicted molar refractivity (Wildman–Crippen MR) is 102 cm³/mol. The van der Waals surface area contributed by atoms with Crippen LogP contribution in [0.4, 0.5) is 8.78 Å². The summed E-state index contributed by atoms with van der Waals surface area (Å²) >= 11 is 1.09. The normalized spacial score (nSPS) is 10.0. The molecule has 1 heterocycles. The Morgan fingerprint density at radius 3 is 1.37 bits per heavy atom. The molecule has 0 aliphatic rings. The first-order valence-corrected chi connectivity index (χ1v) is 8.72. The molecule has 0 fully saturated rings. The average molecular weight is 372 g/mol. The maximum atomic E-state index is 13.0. The van der Waals surface area contributed by atoms with Crippen LogP contribution >= 0.6 is 11.7 Å². The summed E-state index contributed by atoms with van der Waals surface area (Å²) in [6, 6.07) is 15.7. The van der Waals surface area contributed by atoms with Crippen molar-refractivity contribution < 1.29 is 8.78 Å². The fraction of sp³-hybridized carbons (Fsp3) is 0. The maximum absolute atomic E-state index is 13.0. The van der Waals surface area contributed by atoms with Gasteiger partial charge in [0.05, 0.1) is 22.9 Å². The van der Waals surface area contributed by atoms with Crippen LogP contribution in [-0.4, -0.2) is 8.75 Å². The maximum Gasteiger partial charge on any atom is 0.123 e. The standard InChI is InChI=1S/C22H10F2N2S/c23-19-11-3-15(4-12-19)1-7-17-9-10-18(22-21(17)25-27-26-22)8-2-16-5-13-20(24)14-6-16/h3-6,9-14H. The average Bonchev–Trinajstić information content (AvgIpc) is 3.18. The zero-order valence-corrected chi connectivity index (χ0v) is 14.6. The van der Waals surface area contributed by atoms with Crippen molar-refractivity contribution in [1.29, 1.82) is 0 Å². The SMILES string of the molecule is Fc1ccc(C#Cc2ccc(C#Cc3ccc(F)cc3)c3nsnc23)cc1. The molecule has 4 rings (SSSR count). The monoisotopic (exact) mass is 372 g/mol. The van der Waals surface area contributed by atoms with Gasteiger partial charge in [0.1, 0.15) is 22.7 Å². The zero-order valence-electron chi connectivity index (χ0n) is 13.8. The molecule has 0 N–H and O–H groups in total. The molecule has 0 amide bonds. The zero-order chi connectivity index (χ0) is 18.6. The molecule has 0 aliphatic carbocycles. The lowest BCUT2D eigenvalue weighted by atomic mass is 10.1. The first kappa shape index (κ1) is 16.9. The second-order valence-electron chi connectivity index (χ2n) is 5.64. The number of hydrogen-bond donors (Lipinski definition) is 0. The van der Waals surface area contributed by atoms with Gasteiger partial charge in [0.25, 0.3) is 0 Å². The molecule has 0 bridgehead atoms. The third-order valence-corrected chi connectivity index (χ3v) is 4.32. The van der Waals surface area contributed by atoms with Crippen LogP contribution in [0.25, 0.3) is 11.0 Å². The minimum atomic E-state index is -0.296. The Balaban J connectivity index is 1.69. The summed E-state index contributed by atoms with van der Waals surface area (Å²) in [6.07, 6.45) is 0. The Bertz CT molecular complexity index is 1140. The molecular formula is C22H10F2N2S. The van der Waals surface area contributed by atoms with Gasteiger partial charge in [0.2, 0.25) is 0 Å². The van der Waals surface area contributed by atoms with E-state index in [4.69, 9.17) is 0 Å². The molecule has 0 saturated heterocycles. The van der Waals surface area contributed by atoms with Gasteiger partial charge >= 0.3 is 0 Å². The summed E-state index contributed by atoms with van der Waals surface area (Å²) in [7, 11) is 0. The van der Waals surface area contributed by atoms with Crippen molar-refractivity contribution in [2.75, 3.05) is 0 Å². The second kappa shape index (κ2) is 7.37. The molecule has 0 aliphatic heterocycles. The van der Waals surface area contributed by atoms with Crippen LogP contribution in [0.5, 0.6) is 0 Å². The van der Waals surface area contributed by atoms with Gasteiger partial charge in [-0.2, -0.15) is 8.75 Å². The van der Waals surface area contributed by atoms with Crippen LogP contribution in [0.2, 0.25) is 0 Å². The lowest BCUT2D eigenvalue weighted by Gasteiger charge is -1.96. The molecule has 0 saturated carbocycles. The highest BCUT2D eigenvalue weighted by Gasteiger charge is 2.07. The van der Waals surface area contributed by atoms with Crippen LogP contribution < -0.4 is 0 Å². The second-order valence-corrected chi connectivity index (χ2v) is 6.16. The number of fused-ring (bicyclic) bond motifs is 1. The van der Waals surface area contributed by atoms with E-state index in [-0.39, 0.29) is 11.6 Å². The first-order valence-electron chi connectivity index (χ1n) is 7.99. The summed E-state index contributed by atoms with van der Waals surface area (Å²) in [4.78, 5) is 0. The Morgan fingerprint density at radius 1 is 0.556 bits per heavy atom. The van der Waals surface area contributed by atoms with Crippen LogP contribution in [-0.2, 0) is 0 Å². The fourth-order valence-electron chi connectivity index (χ4n) is 2.41. The molecule has 0 unspecified atom stereocenters. The van der Waals surface area contributed by atoms with E-state index in [2.05, 4.69) is 32.4 Å². The topological polar surface area (TPSA) is 25.8 Å². The Kier molecular flexibility index (Phi) is 4.61. The van der Waals surface area contributed by atoms with Crippen molar-refractivity contribution in [2.24, 2.45) is 0 Å². The van der Waals surface area contributed by atoms with Gasteiger partial charge < -0.3 is 0 Å². The van der Waals surface area contributed by atoms with Gasteiger partial charge in [0, 0.05) is 11.1 Å². The third kappa shape index (κ3) is 3.84. The molecule has 128 valence electrons. The van der Waals surface area contributed by atoms with Crippen molar-refractivity contribution in [2.45, 2.75) is 0 Å². The van der Waals surface area contributed by atoms with Crippen molar-refractivity contribution in [1.82, 2.24) is 8.75 Å². The first-order chi connectivity index (χ1) is 13.2. The Morgan fingerprint density at radius 2 is 0.963 bits per heavy atom. The number of aromatic nitrogens is 2. The van der Waals surface area contributed by atoms with Gasteiger partial charge in [-0.1, -0.05) is 23.7 Å². The number of nitrogens with zero attached hydrogens (tertiary/aromatic N) is 2. The molecular weight excluding hydrogens is 362 g/mol. The Hall–Kier alpha value is -3.54. The lowest BCUT2D eigenvalue weighted by Crippen LogP contribution is -1.85. The van der Waals surface area contributed by atoms with E-state index in [0.29, 0.717) is 22.2 Å². The minimum absolute atomic E-state index is 0.296. The smallest absolute Gasteiger partial charge is 0.123 e. The van der Waals surface area contributed by atoms with E-state index in [1.54, 1.807) is 24.3 Å². The van der Waals surface area contributed by atoms with Gasteiger partial charge in [-0.3, -0.25) is 0 Å². The lowest BCUT2D eigenvalue weighted by molar-refractivity contribution is 0.627. The Labute approximate surface area is 158 Å². The van der Waals surface area contributed by atoms with Gasteiger partial charge in [-0.05, 0) is 60.7 Å². The highest BCUT2D eigenvalue weighted by Crippen LogP contribution is 2.20. The van der Waals surface area contributed by atoms with Crippen molar-refractivity contribution in [3.05, 3.63) is 94.6 Å². The molecule has 0 atom stereocenters. The molecule has 3 aromatic carbocycles. The summed E-state index contributed by atoms with van der Waals surface area (Å²) in [5, 5.41) is 0. The molecule has 0 radical (unpaired) electrons. The molecule has 1 aromatic heterocycles. The van der Waals surface area contributed by atoms with Gasteiger partial charge in [0.15, 0.2) is 0 Å². The molecule has 4 aromatic rings. The van der Waals surface area contributed by atoms with Crippen LogP contribution in [0.3, 0.4) is 0 Å². The number of hydrogen-bond acceptors (Lipinski definition) is 3. The summed E-state index contributed by atoms with van der Waals surface area (Å²) in [6.45, 7) is 0. The molecule has 0 spiro atoms. The molecule has 27 heavy (non-hydrogen) atoms. The van der Waals surface area contributed by atoms with Crippen molar-refractivity contribution in [3.63, 3.8) is 0 Å².